The molecule has 0 heterocycles. The molecule has 0 aromatic carbocycles. The number of hydrogen-bond acceptors (Lipinski definition) is 2. The van der Waals surface area contributed by atoms with Crippen molar-refractivity contribution in [3.63, 3.8) is 0 Å². The van der Waals surface area contributed by atoms with E-state index in [0.717, 1.165) is 18.5 Å². The number of carbonyl (C=O) groups excluding carboxylic acids is 1. The van der Waals surface area contributed by atoms with Gasteiger partial charge in [0.25, 0.3) is 0 Å². The van der Waals surface area contributed by atoms with Gasteiger partial charge in [-0.3, -0.25) is 4.79 Å². The molecule has 0 aromatic rings. The van der Waals surface area contributed by atoms with Crippen LogP contribution >= 0.6 is 0 Å². The fourth-order valence-corrected chi connectivity index (χ4v) is 1.11. The Morgan fingerprint density at radius 2 is 2.08 bits per heavy atom. The van der Waals surface area contributed by atoms with Gasteiger partial charge < -0.3 is 11.1 Å². The topological polar surface area (TPSA) is 55.1 Å². The first-order chi connectivity index (χ1) is 5.95. The maximum absolute atomic E-state index is 11.0. The number of nitrogens with one attached hydrogen (secondary N) is 1. The number of carbonyl (C=O) groups is 1. The van der Waals surface area contributed by atoms with Gasteiger partial charge in [0, 0.05) is 0 Å². The fourth-order valence-electron chi connectivity index (χ4n) is 1.11. The summed E-state index contributed by atoms with van der Waals surface area (Å²) in [5.41, 5.74) is 6.34. The Kier molecular flexibility index (Phi) is 5.39. The van der Waals surface area contributed by atoms with Crippen LogP contribution in [-0.2, 0) is 4.79 Å². The smallest absolute Gasteiger partial charge is 0.234 e. The second-order valence-corrected chi connectivity index (χ2v) is 3.79. The summed E-state index contributed by atoms with van der Waals surface area (Å²) in [6, 6.07) is -0.223. The summed E-state index contributed by atoms with van der Waals surface area (Å²) in [5.74, 6) is -0.0423. The summed E-state index contributed by atoms with van der Waals surface area (Å²) in [5, 5.41) is 3.11. The van der Waals surface area contributed by atoms with Crippen LogP contribution in [0.5, 0.6) is 0 Å². The molecule has 0 aliphatic heterocycles. The van der Waals surface area contributed by atoms with Crippen LogP contribution < -0.4 is 11.1 Å². The highest BCUT2D eigenvalue weighted by Gasteiger charge is 2.17. The van der Waals surface area contributed by atoms with Crippen LogP contribution in [0.4, 0.5) is 0 Å². The van der Waals surface area contributed by atoms with Gasteiger partial charge in [-0.25, -0.2) is 0 Å². The van der Waals surface area contributed by atoms with Crippen LogP contribution in [0.2, 0.25) is 0 Å². The first-order valence-electron chi connectivity index (χ1n) is 4.62. The average molecular weight is 184 g/mol. The highest BCUT2D eigenvalue weighted by atomic mass is 16.1. The van der Waals surface area contributed by atoms with Crippen molar-refractivity contribution >= 4 is 5.91 Å². The normalized spacial score (nSPS) is 12.9. The summed E-state index contributed by atoms with van der Waals surface area (Å²) in [6.07, 6.45) is 0.885. The predicted molar refractivity (Wildman–Crippen MR) is 55.3 cm³/mol. The predicted octanol–water partition coefficient (Wildman–Crippen LogP) is 1.05. The molecule has 3 N–H and O–H groups in total. The third kappa shape index (κ3) is 5.42. The molecule has 0 rings (SSSR count). The van der Waals surface area contributed by atoms with E-state index in [9.17, 15) is 4.79 Å². The van der Waals surface area contributed by atoms with Crippen LogP contribution in [-0.4, -0.2) is 18.5 Å². The number of rotatable bonds is 6. The summed E-state index contributed by atoms with van der Waals surface area (Å²) in [7, 11) is 0. The molecule has 0 aliphatic carbocycles. The van der Waals surface area contributed by atoms with Gasteiger partial charge in [0.2, 0.25) is 5.91 Å². The minimum absolute atomic E-state index is 0.223. The molecule has 76 valence electrons. The van der Waals surface area contributed by atoms with Crippen LogP contribution in [0, 0.1) is 5.92 Å². The van der Waals surface area contributed by atoms with E-state index in [-0.39, 0.29) is 17.9 Å². The molecule has 1 unspecified atom stereocenters. The molecule has 0 aliphatic rings. The van der Waals surface area contributed by atoms with E-state index in [0.29, 0.717) is 0 Å². The van der Waals surface area contributed by atoms with E-state index < -0.39 is 0 Å². The lowest BCUT2D eigenvalue weighted by Crippen LogP contribution is -2.45. The van der Waals surface area contributed by atoms with Gasteiger partial charge >= 0.3 is 0 Å². The molecular weight excluding hydrogens is 164 g/mol. The molecule has 1 amide bonds. The van der Waals surface area contributed by atoms with Crippen molar-refractivity contribution in [3.05, 3.63) is 12.2 Å². The van der Waals surface area contributed by atoms with Crippen LogP contribution in [0.15, 0.2) is 12.2 Å². The Bertz CT molecular complexity index is 187. The second-order valence-electron chi connectivity index (χ2n) is 3.79. The largest absolute Gasteiger partial charge is 0.368 e. The maximum Gasteiger partial charge on any atom is 0.234 e. The van der Waals surface area contributed by atoms with Crippen molar-refractivity contribution < 1.29 is 4.79 Å². The van der Waals surface area contributed by atoms with Gasteiger partial charge in [0.05, 0.1) is 6.04 Å². The summed E-state index contributed by atoms with van der Waals surface area (Å²) in [6.45, 7) is 10.5. The van der Waals surface area contributed by atoms with Gasteiger partial charge in [-0.15, -0.1) is 6.58 Å². The van der Waals surface area contributed by atoms with Crippen molar-refractivity contribution in [2.45, 2.75) is 33.2 Å². The molecule has 0 spiro atoms. The molecule has 3 heteroatoms. The summed E-state index contributed by atoms with van der Waals surface area (Å²) < 4.78 is 0. The van der Waals surface area contributed by atoms with Crippen molar-refractivity contribution in [1.29, 1.82) is 0 Å². The third-order valence-electron chi connectivity index (χ3n) is 1.89. The second kappa shape index (κ2) is 5.75. The fraction of sp³-hybridized carbons (Fsp3) is 0.700. The number of nitrogens with two attached hydrogens (primary N) is 1. The average Bonchev–Trinajstić information content (AvgIpc) is 1.95. The van der Waals surface area contributed by atoms with Crippen LogP contribution in [0.25, 0.3) is 0 Å². The Hall–Kier alpha value is -0.830. The molecular formula is C10H20N2O. The minimum Gasteiger partial charge on any atom is -0.368 e. The lowest BCUT2D eigenvalue weighted by atomic mass is 10.0. The van der Waals surface area contributed by atoms with E-state index in [4.69, 9.17) is 5.73 Å². The zero-order valence-corrected chi connectivity index (χ0v) is 8.76. The van der Waals surface area contributed by atoms with Crippen molar-refractivity contribution in [3.8, 4) is 0 Å². The highest BCUT2D eigenvalue weighted by molar-refractivity contribution is 5.80. The molecule has 1 atom stereocenters. The van der Waals surface area contributed by atoms with Crippen LogP contribution in [0.1, 0.15) is 27.2 Å². The standard InChI is InChI=1S/C10H20N2O/c1-7(2)5-6-12-9(8(3)4)10(11)13/h8-9,12H,1,5-6H2,2-4H3,(H2,11,13). The lowest BCUT2D eigenvalue weighted by Gasteiger charge is -2.18. The SMILES string of the molecule is C=C(C)CCNC(C(N)=O)C(C)C. The van der Waals surface area contributed by atoms with Gasteiger partial charge in [-0.1, -0.05) is 19.4 Å². The summed E-state index contributed by atoms with van der Waals surface area (Å²) in [4.78, 5) is 11.0. The van der Waals surface area contributed by atoms with Gasteiger partial charge in [-0.05, 0) is 25.8 Å². The van der Waals surface area contributed by atoms with Crippen molar-refractivity contribution in [1.82, 2.24) is 5.32 Å². The molecule has 0 saturated carbocycles. The molecule has 0 bridgehead atoms. The van der Waals surface area contributed by atoms with E-state index >= 15 is 0 Å². The number of amides is 1. The van der Waals surface area contributed by atoms with Gasteiger partial charge in [0.15, 0.2) is 0 Å². The Labute approximate surface area is 80.4 Å². The number of primary amides is 1. The zero-order chi connectivity index (χ0) is 10.4. The Balaban J connectivity index is 3.84. The molecule has 0 radical (unpaired) electrons. The first-order valence-corrected chi connectivity index (χ1v) is 4.62. The van der Waals surface area contributed by atoms with E-state index in [1.54, 1.807) is 0 Å². The number of hydrogen-bond donors (Lipinski definition) is 2. The Morgan fingerprint density at radius 1 is 1.54 bits per heavy atom. The van der Waals surface area contributed by atoms with E-state index in [1.807, 2.05) is 20.8 Å². The Morgan fingerprint density at radius 3 is 2.38 bits per heavy atom. The summed E-state index contributed by atoms with van der Waals surface area (Å²) >= 11 is 0. The molecule has 0 aromatic heterocycles. The molecule has 3 nitrogen and oxygen atoms in total. The van der Waals surface area contributed by atoms with Crippen molar-refractivity contribution in [2.24, 2.45) is 11.7 Å². The van der Waals surface area contributed by atoms with E-state index in [1.165, 1.54) is 0 Å². The van der Waals surface area contributed by atoms with Gasteiger partial charge in [-0.2, -0.15) is 0 Å². The van der Waals surface area contributed by atoms with Crippen LogP contribution in [0.3, 0.4) is 0 Å². The molecule has 13 heavy (non-hydrogen) atoms. The minimum atomic E-state index is -0.281. The molecule has 0 fully saturated rings. The zero-order valence-electron chi connectivity index (χ0n) is 8.76. The van der Waals surface area contributed by atoms with E-state index in [2.05, 4.69) is 11.9 Å². The lowest BCUT2D eigenvalue weighted by molar-refractivity contribution is -0.120. The first kappa shape index (κ1) is 12.2. The molecule has 0 saturated heterocycles. The monoisotopic (exact) mass is 184 g/mol. The van der Waals surface area contributed by atoms with Crippen molar-refractivity contribution in [2.75, 3.05) is 6.54 Å². The maximum atomic E-state index is 11.0. The quantitative estimate of drug-likeness (QED) is 0.606. The third-order valence-corrected chi connectivity index (χ3v) is 1.89. The highest BCUT2D eigenvalue weighted by Crippen LogP contribution is 2.01. The van der Waals surface area contributed by atoms with Gasteiger partial charge in [0.1, 0.15) is 0 Å².